The van der Waals surface area contributed by atoms with Crippen LogP contribution in [0.2, 0.25) is 0 Å². The van der Waals surface area contributed by atoms with Gasteiger partial charge in [0, 0.05) is 23.1 Å². The summed E-state index contributed by atoms with van der Waals surface area (Å²) in [6.07, 6.45) is 1.91. The van der Waals surface area contributed by atoms with E-state index < -0.39 is 0 Å². The highest BCUT2D eigenvalue weighted by Gasteiger charge is 2.02. The first kappa shape index (κ1) is 13.7. The summed E-state index contributed by atoms with van der Waals surface area (Å²) in [5, 5.41) is 9.48. The number of halogens is 1. The highest BCUT2D eigenvalue weighted by molar-refractivity contribution is 9.10. The third-order valence-corrected chi connectivity index (χ3v) is 2.87. The predicted octanol–water partition coefficient (Wildman–Crippen LogP) is 1.60. The second-order valence-corrected chi connectivity index (χ2v) is 4.74. The molecule has 0 radical (unpaired) electrons. The van der Waals surface area contributed by atoms with E-state index in [2.05, 4.69) is 41.2 Å². The molecule has 0 aliphatic heterocycles. The van der Waals surface area contributed by atoms with Crippen LogP contribution in [-0.4, -0.2) is 29.1 Å². The third kappa shape index (κ3) is 4.80. The molecule has 6 nitrogen and oxygen atoms in total. The molecule has 0 aliphatic rings. The van der Waals surface area contributed by atoms with Crippen LogP contribution in [-0.2, 0) is 11.2 Å². The van der Waals surface area contributed by atoms with Gasteiger partial charge in [-0.3, -0.25) is 4.79 Å². The van der Waals surface area contributed by atoms with Crippen LogP contribution in [0.4, 0.5) is 5.69 Å². The van der Waals surface area contributed by atoms with Crippen LogP contribution in [0.25, 0.3) is 0 Å². The van der Waals surface area contributed by atoms with Crippen LogP contribution in [0.3, 0.4) is 0 Å². The SMILES string of the molecule is O=C(CNCCc1ncon1)Nc1ccc(Br)cc1. The van der Waals surface area contributed by atoms with E-state index in [1.54, 1.807) is 0 Å². The molecule has 0 fully saturated rings. The fourth-order valence-corrected chi connectivity index (χ4v) is 1.71. The van der Waals surface area contributed by atoms with Crippen LogP contribution in [0, 0.1) is 0 Å². The molecule has 0 saturated heterocycles. The Labute approximate surface area is 118 Å². The first-order valence-electron chi connectivity index (χ1n) is 5.75. The lowest BCUT2D eigenvalue weighted by Gasteiger charge is -2.06. The van der Waals surface area contributed by atoms with Crippen molar-refractivity contribution in [2.75, 3.05) is 18.4 Å². The molecule has 1 heterocycles. The maximum atomic E-state index is 11.6. The van der Waals surface area contributed by atoms with Gasteiger partial charge in [0.25, 0.3) is 0 Å². The molecule has 100 valence electrons. The van der Waals surface area contributed by atoms with Gasteiger partial charge < -0.3 is 15.2 Å². The molecule has 0 unspecified atom stereocenters. The van der Waals surface area contributed by atoms with E-state index in [0.717, 1.165) is 10.2 Å². The molecule has 2 rings (SSSR count). The van der Waals surface area contributed by atoms with Crippen molar-refractivity contribution in [1.82, 2.24) is 15.5 Å². The molecule has 2 N–H and O–H groups in total. The first-order chi connectivity index (χ1) is 9.24. The second-order valence-electron chi connectivity index (χ2n) is 3.83. The molecule has 0 saturated carbocycles. The number of carbonyl (C=O) groups is 1. The number of carbonyl (C=O) groups excluding carboxylic acids is 1. The Balaban J connectivity index is 1.65. The molecule has 0 atom stereocenters. The van der Waals surface area contributed by atoms with E-state index in [1.165, 1.54) is 6.39 Å². The second kappa shape index (κ2) is 7.01. The Hall–Kier alpha value is -1.73. The Morgan fingerprint density at radius 2 is 2.11 bits per heavy atom. The van der Waals surface area contributed by atoms with Gasteiger partial charge in [-0.05, 0) is 24.3 Å². The van der Waals surface area contributed by atoms with Gasteiger partial charge in [0.15, 0.2) is 5.82 Å². The zero-order chi connectivity index (χ0) is 13.5. The number of amides is 1. The number of nitrogens with one attached hydrogen (secondary N) is 2. The molecule has 2 aromatic rings. The van der Waals surface area contributed by atoms with Crippen LogP contribution in [0.15, 0.2) is 39.7 Å². The molecule has 1 aromatic heterocycles. The van der Waals surface area contributed by atoms with Crippen molar-refractivity contribution in [3.63, 3.8) is 0 Å². The number of nitrogens with zero attached hydrogens (tertiary/aromatic N) is 2. The van der Waals surface area contributed by atoms with Gasteiger partial charge in [0.05, 0.1) is 6.54 Å². The summed E-state index contributed by atoms with van der Waals surface area (Å²) >= 11 is 3.34. The van der Waals surface area contributed by atoms with Gasteiger partial charge in [-0.25, -0.2) is 0 Å². The van der Waals surface area contributed by atoms with Crippen LogP contribution < -0.4 is 10.6 Å². The van der Waals surface area contributed by atoms with Crippen LogP contribution in [0.1, 0.15) is 5.82 Å². The van der Waals surface area contributed by atoms with Gasteiger partial charge in [-0.1, -0.05) is 21.1 Å². The van der Waals surface area contributed by atoms with E-state index >= 15 is 0 Å². The third-order valence-electron chi connectivity index (χ3n) is 2.35. The average Bonchev–Trinajstić information content (AvgIpc) is 2.91. The van der Waals surface area contributed by atoms with Gasteiger partial charge in [-0.15, -0.1) is 0 Å². The van der Waals surface area contributed by atoms with E-state index in [4.69, 9.17) is 0 Å². The van der Waals surface area contributed by atoms with Crippen LogP contribution >= 0.6 is 15.9 Å². The highest BCUT2D eigenvalue weighted by atomic mass is 79.9. The minimum absolute atomic E-state index is 0.0876. The quantitative estimate of drug-likeness (QED) is 0.789. The van der Waals surface area contributed by atoms with Crippen molar-refractivity contribution < 1.29 is 9.32 Å². The first-order valence-corrected chi connectivity index (χ1v) is 6.55. The highest BCUT2D eigenvalue weighted by Crippen LogP contribution is 2.13. The molecule has 0 bridgehead atoms. The number of aromatic nitrogens is 2. The Bertz CT molecular complexity index is 513. The molecule has 1 aromatic carbocycles. The normalized spacial score (nSPS) is 10.4. The molecule has 7 heteroatoms. The Morgan fingerprint density at radius 3 is 2.79 bits per heavy atom. The fourth-order valence-electron chi connectivity index (χ4n) is 1.44. The number of benzene rings is 1. The van der Waals surface area contributed by atoms with Crippen LogP contribution in [0.5, 0.6) is 0 Å². The summed E-state index contributed by atoms with van der Waals surface area (Å²) < 4.78 is 5.58. The van der Waals surface area contributed by atoms with Crippen molar-refractivity contribution in [1.29, 1.82) is 0 Å². The monoisotopic (exact) mass is 324 g/mol. The van der Waals surface area contributed by atoms with Gasteiger partial charge in [0.1, 0.15) is 0 Å². The van der Waals surface area contributed by atoms with Crippen molar-refractivity contribution in [2.45, 2.75) is 6.42 Å². The summed E-state index contributed by atoms with van der Waals surface area (Å²) in [6.45, 7) is 0.862. The Kier molecular flexibility index (Phi) is 5.05. The predicted molar refractivity (Wildman–Crippen MR) is 73.6 cm³/mol. The lowest BCUT2D eigenvalue weighted by atomic mass is 10.3. The van der Waals surface area contributed by atoms with E-state index in [9.17, 15) is 4.79 Å². The van der Waals surface area contributed by atoms with Gasteiger partial charge in [0.2, 0.25) is 12.3 Å². The number of hydrogen-bond acceptors (Lipinski definition) is 5. The molecular formula is C12H13BrN4O2. The van der Waals surface area contributed by atoms with Gasteiger partial charge in [-0.2, -0.15) is 4.98 Å². The maximum absolute atomic E-state index is 11.6. The summed E-state index contributed by atoms with van der Waals surface area (Å²) in [6, 6.07) is 7.42. The minimum atomic E-state index is -0.0876. The lowest BCUT2D eigenvalue weighted by Crippen LogP contribution is -2.29. The zero-order valence-corrected chi connectivity index (χ0v) is 11.7. The molecule has 19 heavy (non-hydrogen) atoms. The fraction of sp³-hybridized carbons (Fsp3) is 0.250. The summed E-state index contributed by atoms with van der Waals surface area (Å²) in [5.74, 6) is 0.538. The number of anilines is 1. The van der Waals surface area contributed by atoms with Crippen molar-refractivity contribution in [2.24, 2.45) is 0 Å². The smallest absolute Gasteiger partial charge is 0.238 e. The van der Waals surface area contributed by atoms with E-state index in [-0.39, 0.29) is 12.5 Å². The molecule has 0 aliphatic carbocycles. The summed E-state index contributed by atoms with van der Waals surface area (Å²) in [4.78, 5) is 15.5. The maximum Gasteiger partial charge on any atom is 0.238 e. The zero-order valence-electron chi connectivity index (χ0n) is 10.1. The van der Waals surface area contributed by atoms with E-state index in [0.29, 0.717) is 18.8 Å². The van der Waals surface area contributed by atoms with Crippen molar-refractivity contribution >= 4 is 27.5 Å². The Morgan fingerprint density at radius 1 is 1.32 bits per heavy atom. The standard InChI is InChI=1S/C12H13BrN4O2/c13-9-1-3-10(4-2-9)16-12(18)7-14-6-5-11-15-8-19-17-11/h1-4,8,14H,5-7H2,(H,16,18). The summed E-state index contributed by atoms with van der Waals surface area (Å²) in [5.41, 5.74) is 0.771. The van der Waals surface area contributed by atoms with Crippen molar-refractivity contribution in [3.8, 4) is 0 Å². The number of rotatable bonds is 6. The molecular weight excluding hydrogens is 312 g/mol. The molecule has 1 amide bonds. The van der Waals surface area contributed by atoms with Gasteiger partial charge >= 0.3 is 0 Å². The minimum Gasteiger partial charge on any atom is -0.343 e. The largest absolute Gasteiger partial charge is 0.343 e. The molecule has 0 spiro atoms. The lowest BCUT2D eigenvalue weighted by molar-refractivity contribution is -0.115. The van der Waals surface area contributed by atoms with E-state index in [1.807, 2.05) is 24.3 Å². The average molecular weight is 325 g/mol. The summed E-state index contributed by atoms with van der Waals surface area (Å²) in [7, 11) is 0. The number of hydrogen-bond donors (Lipinski definition) is 2. The van der Waals surface area contributed by atoms with Crippen molar-refractivity contribution in [3.05, 3.63) is 41.0 Å². The topological polar surface area (TPSA) is 80.1 Å².